The lowest BCUT2D eigenvalue weighted by Gasteiger charge is -2.23. The van der Waals surface area contributed by atoms with Crippen LogP contribution in [0.5, 0.6) is 0 Å². The average molecular weight is 555 g/mol. The summed E-state index contributed by atoms with van der Waals surface area (Å²) >= 11 is 0. The Balaban J connectivity index is 4.36. The van der Waals surface area contributed by atoms with Crippen molar-refractivity contribution in [2.24, 2.45) is 11.7 Å². The molecule has 0 aliphatic carbocycles. The van der Waals surface area contributed by atoms with Gasteiger partial charge in [0.15, 0.2) is 0 Å². The molecular formula is C29H54N4O6. The van der Waals surface area contributed by atoms with Crippen molar-refractivity contribution in [2.45, 2.75) is 149 Å². The van der Waals surface area contributed by atoms with Crippen LogP contribution in [0, 0.1) is 5.92 Å². The molecule has 0 aliphatic rings. The first-order chi connectivity index (χ1) is 18.5. The predicted molar refractivity (Wildman–Crippen MR) is 153 cm³/mol. The second kappa shape index (κ2) is 22.2. The number of nitrogens with one attached hydrogen (secondary N) is 3. The van der Waals surface area contributed by atoms with E-state index in [-0.39, 0.29) is 11.8 Å². The number of carboxylic acid groups (broad SMARTS) is 1. The van der Waals surface area contributed by atoms with Crippen LogP contribution in [0.15, 0.2) is 0 Å². The normalized spacial score (nSPS) is 13.4. The maximum atomic E-state index is 12.8. The summed E-state index contributed by atoms with van der Waals surface area (Å²) in [5.74, 6) is -3.65. The van der Waals surface area contributed by atoms with Crippen LogP contribution in [0.25, 0.3) is 0 Å². The molecular weight excluding hydrogens is 500 g/mol. The van der Waals surface area contributed by atoms with Crippen molar-refractivity contribution in [3.8, 4) is 0 Å². The molecule has 0 unspecified atom stereocenters. The second-order valence-electron chi connectivity index (χ2n) is 11.0. The predicted octanol–water partition coefficient (Wildman–Crippen LogP) is 3.95. The SMILES string of the molecule is CCCCCCCCCCCCCCCC(=O)N[C@@H](CC(C)C)C(=O)N[C@@H](C)C(=O)N[C@@H](CC(N)=O)C(=O)O. The van der Waals surface area contributed by atoms with Crippen LogP contribution in [0.4, 0.5) is 0 Å². The van der Waals surface area contributed by atoms with Gasteiger partial charge in [-0.2, -0.15) is 0 Å². The van der Waals surface area contributed by atoms with E-state index in [1.165, 1.54) is 71.1 Å². The van der Waals surface area contributed by atoms with Crippen LogP contribution in [0.1, 0.15) is 130 Å². The molecule has 4 amide bonds. The molecule has 0 radical (unpaired) electrons. The van der Waals surface area contributed by atoms with Crippen molar-refractivity contribution in [1.82, 2.24) is 16.0 Å². The van der Waals surface area contributed by atoms with Crippen molar-refractivity contribution in [2.75, 3.05) is 0 Å². The number of rotatable bonds is 24. The molecule has 10 nitrogen and oxygen atoms in total. The Morgan fingerprint density at radius 2 is 1.15 bits per heavy atom. The summed E-state index contributed by atoms with van der Waals surface area (Å²) < 4.78 is 0. The van der Waals surface area contributed by atoms with Crippen molar-refractivity contribution in [3.05, 3.63) is 0 Å². The Kier molecular flexibility index (Phi) is 20.7. The molecule has 0 aromatic heterocycles. The maximum absolute atomic E-state index is 12.8. The topological polar surface area (TPSA) is 168 Å². The summed E-state index contributed by atoms with van der Waals surface area (Å²) in [5, 5.41) is 16.7. The standard InChI is InChI=1S/C29H54N4O6/c1-5-6-7-8-9-10-11-12-13-14-15-16-17-18-26(35)32-23(19-21(2)3)28(37)31-22(4)27(36)33-24(29(38)39)20-25(30)34/h21-24H,5-20H2,1-4H3,(H2,30,34)(H,31,37)(H,32,35)(H,33,36)(H,38,39)/t22-,23-,24-/m0/s1. The molecule has 0 saturated carbocycles. The first-order valence-corrected chi connectivity index (χ1v) is 14.9. The van der Waals surface area contributed by atoms with Crippen LogP contribution in [-0.4, -0.2) is 52.8 Å². The highest BCUT2D eigenvalue weighted by Crippen LogP contribution is 2.13. The molecule has 3 atom stereocenters. The zero-order valence-electron chi connectivity index (χ0n) is 24.7. The van der Waals surface area contributed by atoms with Gasteiger partial charge in [-0.1, -0.05) is 97.8 Å². The van der Waals surface area contributed by atoms with Crippen molar-refractivity contribution < 1.29 is 29.1 Å². The van der Waals surface area contributed by atoms with E-state index in [0.29, 0.717) is 12.8 Å². The summed E-state index contributed by atoms with van der Waals surface area (Å²) in [6.07, 6.45) is 16.0. The average Bonchev–Trinajstić information content (AvgIpc) is 2.85. The van der Waals surface area contributed by atoms with Gasteiger partial charge in [0.1, 0.15) is 18.1 Å². The third-order valence-corrected chi connectivity index (χ3v) is 6.64. The van der Waals surface area contributed by atoms with Gasteiger partial charge in [-0.3, -0.25) is 19.2 Å². The Bertz CT molecular complexity index is 743. The maximum Gasteiger partial charge on any atom is 0.326 e. The number of nitrogens with two attached hydrogens (primary N) is 1. The molecule has 0 spiro atoms. The molecule has 0 aromatic carbocycles. The van der Waals surface area contributed by atoms with E-state index in [1.54, 1.807) is 0 Å². The molecule has 0 aromatic rings. The number of hydrogen-bond acceptors (Lipinski definition) is 5. The summed E-state index contributed by atoms with van der Waals surface area (Å²) in [6, 6.07) is -3.36. The van der Waals surface area contributed by atoms with Gasteiger partial charge in [0.2, 0.25) is 23.6 Å². The molecule has 0 aliphatic heterocycles. The third kappa shape index (κ3) is 20.0. The zero-order chi connectivity index (χ0) is 29.6. The van der Waals surface area contributed by atoms with Crippen molar-refractivity contribution in [3.63, 3.8) is 0 Å². The lowest BCUT2D eigenvalue weighted by Crippen LogP contribution is -2.55. The van der Waals surface area contributed by atoms with E-state index >= 15 is 0 Å². The Morgan fingerprint density at radius 1 is 0.667 bits per heavy atom. The van der Waals surface area contributed by atoms with Gasteiger partial charge < -0.3 is 26.8 Å². The van der Waals surface area contributed by atoms with Crippen LogP contribution in [0.2, 0.25) is 0 Å². The summed E-state index contributed by atoms with van der Waals surface area (Å²) in [4.78, 5) is 60.0. The second-order valence-corrected chi connectivity index (χ2v) is 11.0. The fraction of sp³-hybridized carbons (Fsp3) is 0.828. The number of primary amides is 1. The molecule has 0 saturated heterocycles. The smallest absolute Gasteiger partial charge is 0.326 e. The summed E-state index contributed by atoms with van der Waals surface area (Å²) in [5.41, 5.74) is 5.03. The summed E-state index contributed by atoms with van der Waals surface area (Å²) in [7, 11) is 0. The van der Waals surface area contributed by atoms with Crippen molar-refractivity contribution in [1.29, 1.82) is 0 Å². The van der Waals surface area contributed by atoms with E-state index in [1.807, 2.05) is 13.8 Å². The van der Waals surface area contributed by atoms with Gasteiger partial charge in [-0.15, -0.1) is 0 Å². The molecule has 39 heavy (non-hydrogen) atoms. The summed E-state index contributed by atoms with van der Waals surface area (Å²) in [6.45, 7) is 7.49. The Labute approximate surface area is 235 Å². The number of aliphatic carboxylic acids is 1. The van der Waals surface area contributed by atoms with Gasteiger partial charge in [-0.05, 0) is 25.7 Å². The Hall–Kier alpha value is -2.65. The van der Waals surface area contributed by atoms with Gasteiger partial charge in [0, 0.05) is 6.42 Å². The number of unbranched alkanes of at least 4 members (excludes halogenated alkanes) is 12. The number of carbonyl (C=O) groups excluding carboxylic acids is 4. The number of carbonyl (C=O) groups is 5. The van der Waals surface area contributed by atoms with Gasteiger partial charge in [-0.25, -0.2) is 4.79 Å². The molecule has 0 fully saturated rings. The highest BCUT2D eigenvalue weighted by atomic mass is 16.4. The van der Waals surface area contributed by atoms with Gasteiger partial charge in [0.05, 0.1) is 6.42 Å². The van der Waals surface area contributed by atoms with Gasteiger partial charge in [0.25, 0.3) is 0 Å². The van der Waals surface area contributed by atoms with Crippen LogP contribution >= 0.6 is 0 Å². The quantitative estimate of drug-likeness (QED) is 0.113. The van der Waals surface area contributed by atoms with E-state index in [9.17, 15) is 24.0 Å². The highest BCUT2D eigenvalue weighted by Gasteiger charge is 2.28. The Morgan fingerprint density at radius 3 is 1.59 bits per heavy atom. The van der Waals surface area contributed by atoms with E-state index in [4.69, 9.17) is 10.8 Å². The first kappa shape index (κ1) is 36.4. The first-order valence-electron chi connectivity index (χ1n) is 14.9. The molecule has 10 heteroatoms. The minimum atomic E-state index is -1.49. The fourth-order valence-corrected chi connectivity index (χ4v) is 4.35. The van der Waals surface area contributed by atoms with Crippen LogP contribution in [0.3, 0.4) is 0 Å². The number of amides is 4. The molecule has 0 heterocycles. The highest BCUT2D eigenvalue weighted by molar-refractivity contribution is 5.94. The van der Waals surface area contributed by atoms with E-state index in [0.717, 1.165) is 19.3 Å². The lowest BCUT2D eigenvalue weighted by atomic mass is 10.0. The molecule has 6 N–H and O–H groups in total. The number of carboxylic acids is 1. The van der Waals surface area contributed by atoms with E-state index < -0.39 is 48.2 Å². The van der Waals surface area contributed by atoms with Crippen LogP contribution < -0.4 is 21.7 Å². The van der Waals surface area contributed by atoms with Crippen molar-refractivity contribution >= 4 is 29.6 Å². The molecule has 0 rings (SSSR count). The minimum absolute atomic E-state index is 0.119. The number of hydrogen-bond donors (Lipinski definition) is 5. The lowest BCUT2D eigenvalue weighted by molar-refractivity contribution is -0.143. The monoisotopic (exact) mass is 554 g/mol. The molecule has 0 bridgehead atoms. The van der Waals surface area contributed by atoms with Crippen LogP contribution in [-0.2, 0) is 24.0 Å². The third-order valence-electron chi connectivity index (χ3n) is 6.64. The van der Waals surface area contributed by atoms with E-state index in [2.05, 4.69) is 22.9 Å². The minimum Gasteiger partial charge on any atom is -0.480 e. The van der Waals surface area contributed by atoms with Gasteiger partial charge >= 0.3 is 5.97 Å². The molecule has 226 valence electrons. The largest absolute Gasteiger partial charge is 0.480 e. The fourth-order valence-electron chi connectivity index (χ4n) is 4.35. The zero-order valence-corrected chi connectivity index (χ0v) is 24.7.